The molecule has 0 bridgehead atoms. The van der Waals surface area contributed by atoms with Gasteiger partial charge < -0.3 is 5.11 Å². The van der Waals surface area contributed by atoms with E-state index in [4.69, 9.17) is 10.4 Å². The standard InChI is InChI=1S/C12H10FNO2/c13-11-5-4-9(6-7-14)8-10(11)2-1-3-12(15)16/h1-2,4-5,8H,3,6H2,(H,15,16). The van der Waals surface area contributed by atoms with Crippen LogP contribution in [-0.2, 0) is 11.2 Å². The van der Waals surface area contributed by atoms with Crippen molar-refractivity contribution < 1.29 is 14.3 Å². The Morgan fingerprint density at radius 3 is 2.94 bits per heavy atom. The van der Waals surface area contributed by atoms with Crippen LogP contribution in [-0.4, -0.2) is 11.1 Å². The Labute approximate surface area is 92.4 Å². The Hall–Kier alpha value is -2.15. The van der Waals surface area contributed by atoms with Crippen LogP contribution in [0.15, 0.2) is 24.3 Å². The van der Waals surface area contributed by atoms with Gasteiger partial charge >= 0.3 is 5.97 Å². The van der Waals surface area contributed by atoms with Crippen molar-refractivity contribution in [3.63, 3.8) is 0 Å². The van der Waals surface area contributed by atoms with Crippen LogP contribution in [0.4, 0.5) is 4.39 Å². The molecule has 1 aromatic carbocycles. The highest BCUT2D eigenvalue weighted by atomic mass is 19.1. The zero-order valence-electron chi connectivity index (χ0n) is 8.48. The van der Waals surface area contributed by atoms with E-state index in [9.17, 15) is 9.18 Å². The van der Waals surface area contributed by atoms with Crippen molar-refractivity contribution >= 4 is 12.0 Å². The van der Waals surface area contributed by atoms with E-state index in [-0.39, 0.29) is 12.8 Å². The minimum absolute atomic E-state index is 0.151. The van der Waals surface area contributed by atoms with Gasteiger partial charge in [0.1, 0.15) is 5.82 Å². The van der Waals surface area contributed by atoms with E-state index < -0.39 is 11.8 Å². The largest absolute Gasteiger partial charge is 0.481 e. The molecule has 1 rings (SSSR count). The molecule has 0 fully saturated rings. The summed E-state index contributed by atoms with van der Waals surface area (Å²) in [5.41, 5.74) is 1.01. The van der Waals surface area contributed by atoms with Crippen LogP contribution in [0.5, 0.6) is 0 Å². The van der Waals surface area contributed by atoms with E-state index in [0.717, 1.165) is 0 Å². The maximum atomic E-state index is 13.3. The third kappa shape index (κ3) is 3.54. The summed E-state index contributed by atoms with van der Waals surface area (Å²) in [6.45, 7) is 0. The van der Waals surface area contributed by atoms with Gasteiger partial charge in [-0.05, 0) is 17.7 Å². The van der Waals surface area contributed by atoms with E-state index in [1.54, 1.807) is 0 Å². The molecule has 1 aromatic rings. The molecule has 0 spiro atoms. The van der Waals surface area contributed by atoms with Gasteiger partial charge in [-0.3, -0.25) is 4.79 Å². The molecule has 0 aliphatic rings. The Morgan fingerprint density at radius 1 is 1.56 bits per heavy atom. The normalized spacial score (nSPS) is 10.2. The van der Waals surface area contributed by atoms with Crippen LogP contribution in [0.2, 0.25) is 0 Å². The number of carboxylic acids is 1. The van der Waals surface area contributed by atoms with E-state index in [2.05, 4.69) is 0 Å². The highest BCUT2D eigenvalue weighted by Crippen LogP contribution is 2.13. The highest BCUT2D eigenvalue weighted by molar-refractivity contribution is 5.70. The van der Waals surface area contributed by atoms with Crippen molar-refractivity contribution in [2.75, 3.05) is 0 Å². The number of rotatable bonds is 4. The molecule has 0 aliphatic heterocycles. The Bertz CT molecular complexity index is 461. The number of carboxylic acid groups (broad SMARTS) is 1. The van der Waals surface area contributed by atoms with Gasteiger partial charge in [-0.25, -0.2) is 4.39 Å². The zero-order chi connectivity index (χ0) is 12.0. The number of hydrogen-bond acceptors (Lipinski definition) is 2. The molecule has 0 aromatic heterocycles. The molecule has 0 atom stereocenters. The number of benzene rings is 1. The van der Waals surface area contributed by atoms with Gasteiger partial charge in [0, 0.05) is 5.56 Å². The van der Waals surface area contributed by atoms with Gasteiger partial charge in [-0.2, -0.15) is 5.26 Å². The van der Waals surface area contributed by atoms with Crippen LogP contribution in [0.3, 0.4) is 0 Å². The number of nitriles is 1. The maximum absolute atomic E-state index is 13.3. The quantitative estimate of drug-likeness (QED) is 0.845. The fourth-order valence-electron chi connectivity index (χ4n) is 1.21. The lowest BCUT2D eigenvalue weighted by Gasteiger charge is -1.99. The van der Waals surface area contributed by atoms with Gasteiger partial charge in [-0.1, -0.05) is 18.2 Å². The maximum Gasteiger partial charge on any atom is 0.307 e. The number of carbonyl (C=O) groups is 1. The van der Waals surface area contributed by atoms with Crippen molar-refractivity contribution in [3.05, 3.63) is 41.2 Å². The van der Waals surface area contributed by atoms with Crippen LogP contribution in [0, 0.1) is 17.1 Å². The first-order valence-corrected chi connectivity index (χ1v) is 4.67. The van der Waals surface area contributed by atoms with Gasteiger partial charge in [0.15, 0.2) is 0 Å². The molecule has 82 valence electrons. The molecule has 0 heterocycles. The summed E-state index contributed by atoms with van der Waals surface area (Å²) in [4.78, 5) is 10.3. The monoisotopic (exact) mass is 219 g/mol. The summed E-state index contributed by atoms with van der Waals surface area (Å²) in [6.07, 6.45) is 2.84. The van der Waals surface area contributed by atoms with E-state index in [0.29, 0.717) is 11.1 Å². The lowest BCUT2D eigenvalue weighted by atomic mass is 10.1. The summed E-state index contributed by atoms with van der Waals surface area (Å²) < 4.78 is 13.3. The van der Waals surface area contributed by atoms with Crippen molar-refractivity contribution in [1.82, 2.24) is 0 Å². The molecular formula is C12H10FNO2. The first kappa shape index (κ1) is 11.9. The van der Waals surface area contributed by atoms with Crippen molar-refractivity contribution in [1.29, 1.82) is 5.26 Å². The number of nitrogens with zero attached hydrogens (tertiary/aromatic N) is 1. The van der Waals surface area contributed by atoms with Crippen LogP contribution in [0.25, 0.3) is 6.08 Å². The second-order valence-corrected chi connectivity index (χ2v) is 3.19. The third-order valence-corrected chi connectivity index (χ3v) is 1.93. The fourth-order valence-corrected chi connectivity index (χ4v) is 1.21. The van der Waals surface area contributed by atoms with Gasteiger partial charge in [0.2, 0.25) is 0 Å². The SMILES string of the molecule is N#CCc1ccc(F)c(C=CCC(=O)O)c1. The minimum Gasteiger partial charge on any atom is -0.481 e. The molecule has 3 nitrogen and oxygen atoms in total. The lowest BCUT2D eigenvalue weighted by molar-refractivity contribution is -0.135. The average Bonchev–Trinajstić information content (AvgIpc) is 2.22. The second-order valence-electron chi connectivity index (χ2n) is 3.19. The van der Waals surface area contributed by atoms with Crippen molar-refractivity contribution in [3.8, 4) is 6.07 Å². The minimum atomic E-state index is -0.968. The molecule has 1 N–H and O–H groups in total. The molecule has 0 unspecified atom stereocenters. The summed E-state index contributed by atoms with van der Waals surface area (Å²) in [5.74, 6) is -1.40. The van der Waals surface area contributed by atoms with E-state index >= 15 is 0 Å². The number of halogens is 1. The Kier molecular flexibility index (Phi) is 4.22. The molecule has 16 heavy (non-hydrogen) atoms. The average molecular weight is 219 g/mol. The zero-order valence-corrected chi connectivity index (χ0v) is 8.48. The predicted octanol–water partition coefficient (Wildman–Crippen LogP) is 2.38. The Morgan fingerprint density at radius 2 is 2.31 bits per heavy atom. The Balaban J connectivity index is 2.86. The smallest absolute Gasteiger partial charge is 0.307 e. The van der Waals surface area contributed by atoms with E-state index in [1.807, 2.05) is 6.07 Å². The molecule has 4 heteroatoms. The molecule has 0 saturated heterocycles. The van der Waals surface area contributed by atoms with E-state index in [1.165, 1.54) is 30.4 Å². The first-order chi connectivity index (χ1) is 7.63. The molecule has 0 amide bonds. The summed E-state index contributed by atoms with van der Waals surface area (Å²) in [5, 5.41) is 16.9. The topological polar surface area (TPSA) is 61.1 Å². The summed E-state index contributed by atoms with van der Waals surface area (Å²) >= 11 is 0. The number of hydrogen-bond donors (Lipinski definition) is 1. The predicted molar refractivity (Wildman–Crippen MR) is 57.0 cm³/mol. The molecule has 0 saturated carbocycles. The first-order valence-electron chi connectivity index (χ1n) is 4.67. The second kappa shape index (κ2) is 5.66. The van der Waals surface area contributed by atoms with Crippen LogP contribution in [0.1, 0.15) is 17.5 Å². The van der Waals surface area contributed by atoms with Gasteiger partial charge in [0.25, 0.3) is 0 Å². The van der Waals surface area contributed by atoms with Crippen molar-refractivity contribution in [2.24, 2.45) is 0 Å². The number of aliphatic carboxylic acids is 1. The highest BCUT2D eigenvalue weighted by Gasteiger charge is 2.00. The van der Waals surface area contributed by atoms with Crippen molar-refractivity contribution in [2.45, 2.75) is 12.8 Å². The lowest BCUT2D eigenvalue weighted by Crippen LogP contribution is -1.91. The fraction of sp³-hybridized carbons (Fsp3) is 0.167. The van der Waals surface area contributed by atoms with Crippen LogP contribution < -0.4 is 0 Å². The summed E-state index contributed by atoms with van der Waals surface area (Å²) in [6, 6.07) is 6.31. The third-order valence-electron chi connectivity index (χ3n) is 1.93. The van der Waals surface area contributed by atoms with Crippen LogP contribution >= 0.6 is 0 Å². The molecular weight excluding hydrogens is 209 g/mol. The molecule has 0 aliphatic carbocycles. The summed E-state index contributed by atoms with van der Waals surface area (Å²) in [7, 11) is 0. The molecule has 0 radical (unpaired) electrons. The van der Waals surface area contributed by atoms with Gasteiger partial charge in [-0.15, -0.1) is 0 Å². The van der Waals surface area contributed by atoms with Gasteiger partial charge in [0.05, 0.1) is 18.9 Å².